The van der Waals surface area contributed by atoms with Gasteiger partial charge < -0.3 is 5.32 Å². The average molecular weight is 171 g/mol. The molecule has 0 atom stereocenters. The summed E-state index contributed by atoms with van der Waals surface area (Å²) in [6.07, 6.45) is 0.854. The summed E-state index contributed by atoms with van der Waals surface area (Å²) < 4.78 is 0. The van der Waals surface area contributed by atoms with Gasteiger partial charge in [-0.1, -0.05) is 0 Å². The summed E-state index contributed by atoms with van der Waals surface area (Å²) in [6.45, 7) is 2.73. The van der Waals surface area contributed by atoms with Crippen molar-refractivity contribution in [2.45, 2.75) is 13.3 Å². The number of amides is 3. The summed E-state index contributed by atoms with van der Waals surface area (Å²) in [7, 11) is 1.55. The maximum absolute atomic E-state index is 11.1. The van der Waals surface area contributed by atoms with Crippen LogP contribution in [0.5, 0.6) is 0 Å². The molecule has 0 saturated carbocycles. The zero-order chi connectivity index (χ0) is 9.14. The summed E-state index contributed by atoms with van der Waals surface area (Å²) >= 11 is 0. The quantitative estimate of drug-likeness (QED) is 0.548. The molecule has 1 heterocycles. The van der Waals surface area contributed by atoms with Gasteiger partial charge in [0.25, 0.3) is 0 Å². The lowest BCUT2D eigenvalue weighted by molar-refractivity contribution is -0.137. The fraction of sp³-hybridized carbons (Fsp3) is 0.714. The second kappa shape index (κ2) is 3.42. The van der Waals surface area contributed by atoms with Gasteiger partial charge in [-0.25, -0.2) is 9.80 Å². The van der Waals surface area contributed by atoms with Crippen LogP contribution in [0.1, 0.15) is 13.3 Å². The van der Waals surface area contributed by atoms with Crippen LogP contribution in [-0.2, 0) is 4.79 Å². The number of rotatable bonds is 0. The summed E-state index contributed by atoms with van der Waals surface area (Å²) in [5.41, 5.74) is 0. The van der Waals surface area contributed by atoms with E-state index in [1.165, 1.54) is 16.9 Å². The highest BCUT2D eigenvalue weighted by molar-refractivity contribution is 5.80. The van der Waals surface area contributed by atoms with Gasteiger partial charge in [-0.3, -0.25) is 9.80 Å². The van der Waals surface area contributed by atoms with E-state index in [1.54, 1.807) is 7.05 Å². The Morgan fingerprint density at radius 2 is 1.83 bits per heavy atom. The van der Waals surface area contributed by atoms with Crippen molar-refractivity contribution in [1.29, 1.82) is 0 Å². The van der Waals surface area contributed by atoms with Crippen molar-refractivity contribution in [2.24, 2.45) is 0 Å². The molecule has 5 heteroatoms. The molecule has 0 radical (unpaired) electrons. The molecule has 0 aromatic rings. The largest absolute Gasteiger partial charge is 0.340 e. The predicted molar refractivity (Wildman–Crippen MR) is 43.2 cm³/mol. The molecule has 1 rings (SSSR count). The van der Waals surface area contributed by atoms with Gasteiger partial charge in [-0.15, -0.1) is 0 Å². The molecular weight excluding hydrogens is 158 g/mol. The number of nitrogens with one attached hydrogen (secondary N) is 1. The van der Waals surface area contributed by atoms with Gasteiger partial charge in [0.1, 0.15) is 0 Å². The Labute approximate surface area is 71.3 Å². The van der Waals surface area contributed by atoms with Gasteiger partial charge in [-0.2, -0.15) is 0 Å². The molecule has 0 unspecified atom stereocenters. The van der Waals surface area contributed by atoms with E-state index in [-0.39, 0.29) is 11.9 Å². The molecule has 68 valence electrons. The van der Waals surface area contributed by atoms with E-state index in [9.17, 15) is 9.59 Å². The lowest BCUT2D eigenvalue weighted by atomic mass is 10.4. The maximum atomic E-state index is 11.1. The van der Waals surface area contributed by atoms with Crippen LogP contribution in [0.25, 0.3) is 0 Å². The minimum absolute atomic E-state index is 0.0869. The van der Waals surface area contributed by atoms with E-state index in [1.807, 2.05) is 0 Å². The third kappa shape index (κ3) is 1.49. The SMILES string of the molecule is CNC(=O)N1CCCN1C(C)=O. The van der Waals surface area contributed by atoms with E-state index in [0.717, 1.165) is 6.42 Å². The Hall–Kier alpha value is -1.26. The van der Waals surface area contributed by atoms with Crippen molar-refractivity contribution >= 4 is 11.9 Å². The zero-order valence-corrected chi connectivity index (χ0v) is 7.33. The van der Waals surface area contributed by atoms with Gasteiger partial charge in [-0.05, 0) is 6.42 Å². The Bertz CT molecular complexity index is 205. The number of carbonyl (C=O) groups excluding carboxylic acids is 2. The fourth-order valence-corrected chi connectivity index (χ4v) is 1.28. The Morgan fingerprint density at radius 3 is 2.33 bits per heavy atom. The molecule has 0 aromatic carbocycles. The van der Waals surface area contributed by atoms with Crippen LogP contribution < -0.4 is 5.32 Å². The summed E-state index contributed by atoms with van der Waals surface area (Å²) in [5.74, 6) is -0.0869. The highest BCUT2D eigenvalue weighted by Crippen LogP contribution is 2.09. The minimum atomic E-state index is -0.220. The number of hydrazine groups is 1. The number of hydrogen-bond acceptors (Lipinski definition) is 2. The van der Waals surface area contributed by atoms with Crippen LogP contribution in [0.15, 0.2) is 0 Å². The first kappa shape index (κ1) is 8.83. The zero-order valence-electron chi connectivity index (χ0n) is 7.33. The predicted octanol–water partition coefficient (Wildman–Crippen LogP) is -0.205. The molecule has 0 aromatic heterocycles. The average Bonchev–Trinajstić information content (AvgIpc) is 2.50. The van der Waals surface area contributed by atoms with Crippen molar-refractivity contribution in [1.82, 2.24) is 15.3 Å². The van der Waals surface area contributed by atoms with E-state index in [2.05, 4.69) is 5.32 Å². The van der Waals surface area contributed by atoms with Crippen molar-refractivity contribution in [3.8, 4) is 0 Å². The molecule has 0 bridgehead atoms. The van der Waals surface area contributed by atoms with Gasteiger partial charge in [0.15, 0.2) is 0 Å². The van der Waals surface area contributed by atoms with Crippen LogP contribution in [0.3, 0.4) is 0 Å². The minimum Gasteiger partial charge on any atom is -0.340 e. The van der Waals surface area contributed by atoms with Crippen LogP contribution >= 0.6 is 0 Å². The smallest absolute Gasteiger partial charge is 0.336 e. The first-order chi connectivity index (χ1) is 5.66. The first-order valence-electron chi connectivity index (χ1n) is 3.94. The molecule has 0 spiro atoms. The van der Waals surface area contributed by atoms with E-state index in [0.29, 0.717) is 13.1 Å². The van der Waals surface area contributed by atoms with Crippen molar-refractivity contribution in [2.75, 3.05) is 20.1 Å². The number of hydrogen-bond donors (Lipinski definition) is 1. The van der Waals surface area contributed by atoms with Crippen LogP contribution in [0.4, 0.5) is 4.79 Å². The van der Waals surface area contributed by atoms with E-state index in [4.69, 9.17) is 0 Å². The molecule has 1 aliphatic heterocycles. The summed E-state index contributed by atoms with van der Waals surface area (Å²) in [6, 6.07) is -0.220. The van der Waals surface area contributed by atoms with Crippen molar-refractivity contribution in [3.05, 3.63) is 0 Å². The van der Waals surface area contributed by atoms with Crippen LogP contribution in [-0.4, -0.2) is 42.1 Å². The van der Waals surface area contributed by atoms with Gasteiger partial charge in [0, 0.05) is 27.1 Å². The normalized spacial score (nSPS) is 16.5. The van der Waals surface area contributed by atoms with Gasteiger partial charge >= 0.3 is 6.03 Å². The molecule has 0 aliphatic carbocycles. The third-order valence-corrected chi connectivity index (χ3v) is 1.84. The third-order valence-electron chi connectivity index (χ3n) is 1.84. The van der Waals surface area contributed by atoms with Crippen LogP contribution in [0, 0.1) is 0 Å². The van der Waals surface area contributed by atoms with E-state index < -0.39 is 0 Å². The molecule has 1 aliphatic rings. The highest BCUT2D eigenvalue weighted by atomic mass is 16.2. The van der Waals surface area contributed by atoms with Gasteiger partial charge in [0.05, 0.1) is 0 Å². The summed E-state index contributed by atoms with van der Waals surface area (Å²) in [4.78, 5) is 22.1. The van der Waals surface area contributed by atoms with Crippen molar-refractivity contribution < 1.29 is 9.59 Å². The van der Waals surface area contributed by atoms with Gasteiger partial charge in [0.2, 0.25) is 5.91 Å². The van der Waals surface area contributed by atoms with E-state index >= 15 is 0 Å². The Morgan fingerprint density at radius 1 is 1.25 bits per heavy atom. The molecule has 5 nitrogen and oxygen atoms in total. The first-order valence-corrected chi connectivity index (χ1v) is 3.94. The second-order valence-electron chi connectivity index (χ2n) is 2.67. The molecule has 1 N–H and O–H groups in total. The second-order valence-corrected chi connectivity index (χ2v) is 2.67. The Balaban J connectivity index is 2.63. The molecule has 1 saturated heterocycles. The molecule has 12 heavy (non-hydrogen) atoms. The monoisotopic (exact) mass is 171 g/mol. The lowest BCUT2D eigenvalue weighted by Crippen LogP contribution is -2.47. The highest BCUT2D eigenvalue weighted by Gasteiger charge is 2.27. The topological polar surface area (TPSA) is 52.7 Å². The van der Waals surface area contributed by atoms with Crippen LogP contribution in [0.2, 0.25) is 0 Å². The summed E-state index contributed by atoms with van der Waals surface area (Å²) in [5, 5.41) is 5.37. The van der Waals surface area contributed by atoms with Crippen molar-refractivity contribution in [3.63, 3.8) is 0 Å². The standard InChI is InChI=1S/C7H13N3O2/c1-6(11)9-4-3-5-10(9)7(12)8-2/h3-5H2,1-2H3,(H,8,12). The number of nitrogens with zero attached hydrogens (tertiary/aromatic N) is 2. The maximum Gasteiger partial charge on any atom is 0.336 e. The Kier molecular flexibility index (Phi) is 2.52. The fourth-order valence-electron chi connectivity index (χ4n) is 1.28. The number of carbonyl (C=O) groups is 2. The molecular formula is C7H13N3O2. The molecule has 1 fully saturated rings. The number of urea groups is 1. The molecule has 3 amide bonds. The lowest BCUT2D eigenvalue weighted by Gasteiger charge is -2.25.